The van der Waals surface area contributed by atoms with Crippen molar-refractivity contribution in [2.45, 2.75) is 5.75 Å². The standard InChI is InChI=1S/C20H16N2O5S2/c1-26-20(23)19-18(21)17-13-7-10-16(22-14(13)8-9-15(17)28-19)27-29(24,25)11-12-5-3-2-4-6-12/h2-10H,11,21H2,1H3. The molecule has 0 fully saturated rings. The van der Waals surface area contributed by atoms with E-state index in [0.29, 0.717) is 32.4 Å². The van der Waals surface area contributed by atoms with Crippen LogP contribution in [0.5, 0.6) is 5.88 Å². The fourth-order valence-electron chi connectivity index (χ4n) is 3.04. The van der Waals surface area contributed by atoms with E-state index in [4.69, 9.17) is 14.7 Å². The van der Waals surface area contributed by atoms with Gasteiger partial charge in [-0.3, -0.25) is 0 Å². The van der Waals surface area contributed by atoms with Crippen LogP contribution in [0.2, 0.25) is 0 Å². The molecular formula is C20H16N2O5S2. The van der Waals surface area contributed by atoms with Crippen LogP contribution in [0.4, 0.5) is 5.69 Å². The van der Waals surface area contributed by atoms with Crippen LogP contribution in [0.15, 0.2) is 54.6 Å². The molecule has 0 bridgehead atoms. The van der Waals surface area contributed by atoms with E-state index >= 15 is 0 Å². The SMILES string of the molecule is COC(=O)c1sc2ccc3nc(OS(=O)(=O)Cc4ccccc4)ccc3c2c1N. The molecule has 2 heterocycles. The highest BCUT2D eigenvalue weighted by molar-refractivity contribution is 7.86. The molecule has 0 radical (unpaired) electrons. The molecule has 148 valence electrons. The summed E-state index contributed by atoms with van der Waals surface area (Å²) in [6.07, 6.45) is 0. The van der Waals surface area contributed by atoms with Gasteiger partial charge < -0.3 is 14.7 Å². The topological polar surface area (TPSA) is 109 Å². The Hall–Kier alpha value is -3.17. The van der Waals surface area contributed by atoms with Crippen LogP contribution < -0.4 is 9.92 Å². The number of ether oxygens (including phenoxy) is 1. The zero-order valence-corrected chi connectivity index (χ0v) is 16.9. The van der Waals surface area contributed by atoms with Gasteiger partial charge in [-0.1, -0.05) is 30.3 Å². The van der Waals surface area contributed by atoms with Crippen LogP contribution in [-0.4, -0.2) is 26.5 Å². The third-order valence-electron chi connectivity index (χ3n) is 4.30. The largest absolute Gasteiger partial charge is 0.465 e. The van der Waals surface area contributed by atoms with Gasteiger partial charge in [0.15, 0.2) is 0 Å². The summed E-state index contributed by atoms with van der Waals surface area (Å²) in [5.74, 6) is -0.793. The second kappa shape index (κ2) is 7.34. The minimum atomic E-state index is -3.86. The first kappa shape index (κ1) is 19.2. The molecule has 0 aliphatic carbocycles. The number of esters is 1. The first-order valence-electron chi connectivity index (χ1n) is 8.54. The molecule has 0 spiro atoms. The number of hydrogen-bond acceptors (Lipinski definition) is 8. The number of pyridine rings is 1. The highest BCUT2D eigenvalue weighted by Crippen LogP contribution is 2.39. The molecular weight excluding hydrogens is 412 g/mol. The lowest BCUT2D eigenvalue weighted by atomic mass is 10.1. The van der Waals surface area contributed by atoms with E-state index in [1.807, 2.05) is 6.07 Å². The number of hydrogen-bond donors (Lipinski definition) is 1. The lowest BCUT2D eigenvalue weighted by Gasteiger charge is -2.08. The number of rotatable bonds is 5. The smallest absolute Gasteiger partial charge is 0.350 e. The number of thiophene rings is 1. The second-order valence-corrected chi connectivity index (χ2v) is 8.89. The van der Waals surface area contributed by atoms with Crippen molar-refractivity contribution >= 4 is 54.1 Å². The van der Waals surface area contributed by atoms with Gasteiger partial charge in [0.2, 0.25) is 5.88 Å². The number of benzene rings is 2. The summed E-state index contributed by atoms with van der Waals surface area (Å²) in [6, 6.07) is 15.4. The molecule has 0 unspecified atom stereocenters. The molecule has 9 heteroatoms. The van der Waals surface area contributed by atoms with E-state index in [0.717, 1.165) is 4.70 Å². The quantitative estimate of drug-likeness (QED) is 0.381. The summed E-state index contributed by atoms with van der Waals surface area (Å²) < 4.78 is 35.5. The summed E-state index contributed by atoms with van der Waals surface area (Å²) >= 11 is 1.23. The Labute approximate surface area is 170 Å². The number of aromatic nitrogens is 1. The monoisotopic (exact) mass is 428 g/mol. The zero-order valence-electron chi connectivity index (χ0n) is 15.3. The van der Waals surface area contributed by atoms with Crippen LogP contribution >= 0.6 is 11.3 Å². The Balaban J connectivity index is 1.70. The minimum Gasteiger partial charge on any atom is -0.465 e. The lowest BCUT2D eigenvalue weighted by Crippen LogP contribution is -2.12. The molecule has 0 saturated heterocycles. The normalized spacial score (nSPS) is 11.6. The predicted octanol–water partition coefficient (Wildman–Crippen LogP) is 3.73. The molecule has 0 saturated carbocycles. The van der Waals surface area contributed by atoms with E-state index in [2.05, 4.69) is 4.98 Å². The molecule has 2 N–H and O–H groups in total. The van der Waals surface area contributed by atoms with Crippen LogP contribution in [0, 0.1) is 0 Å². The Morgan fingerprint density at radius 2 is 1.86 bits per heavy atom. The van der Waals surface area contributed by atoms with Crippen LogP contribution in [0.25, 0.3) is 21.0 Å². The predicted molar refractivity (Wildman–Crippen MR) is 113 cm³/mol. The maximum absolute atomic E-state index is 12.4. The van der Waals surface area contributed by atoms with Crippen molar-refractivity contribution in [3.05, 3.63) is 65.0 Å². The van der Waals surface area contributed by atoms with Gasteiger partial charge in [-0.15, -0.1) is 11.3 Å². The molecule has 2 aromatic carbocycles. The van der Waals surface area contributed by atoms with Crippen LogP contribution in [0.1, 0.15) is 15.2 Å². The average Bonchev–Trinajstić information content (AvgIpc) is 3.04. The van der Waals surface area contributed by atoms with Crippen LogP contribution in [-0.2, 0) is 20.6 Å². The van der Waals surface area contributed by atoms with Crippen molar-refractivity contribution in [3.8, 4) is 5.88 Å². The summed E-state index contributed by atoms with van der Waals surface area (Å²) in [4.78, 5) is 16.5. The fraction of sp³-hybridized carbons (Fsp3) is 0.100. The zero-order chi connectivity index (χ0) is 20.6. The molecule has 29 heavy (non-hydrogen) atoms. The van der Waals surface area contributed by atoms with Crippen molar-refractivity contribution in [2.24, 2.45) is 0 Å². The highest BCUT2D eigenvalue weighted by Gasteiger charge is 2.20. The highest BCUT2D eigenvalue weighted by atomic mass is 32.2. The van der Waals surface area contributed by atoms with E-state index in [9.17, 15) is 13.2 Å². The summed E-state index contributed by atoms with van der Waals surface area (Å²) in [5, 5.41) is 1.37. The molecule has 0 aliphatic heterocycles. The second-order valence-electron chi connectivity index (χ2n) is 6.26. The van der Waals surface area contributed by atoms with Crippen molar-refractivity contribution in [1.82, 2.24) is 4.98 Å². The van der Waals surface area contributed by atoms with Gasteiger partial charge >= 0.3 is 16.1 Å². The van der Waals surface area contributed by atoms with Gasteiger partial charge in [0.25, 0.3) is 0 Å². The number of carbonyl (C=O) groups excluding carboxylic acids is 1. The summed E-state index contributed by atoms with van der Waals surface area (Å²) in [7, 11) is -2.57. The number of nitrogens with two attached hydrogens (primary N) is 1. The number of nitrogen functional groups attached to an aromatic ring is 1. The third-order valence-corrected chi connectivity index (χ3v) is 6.57. The number of anilines is 1. The Morgan fingerprint density at radius 1 is 1.10 bits per heavy atom. The molecule has 4 aromatic rings. The van der Waals surface area contributed by atoms with Gasteiger partial charge in [-0.25, -0.2) is 9.78 Å². The molecule has 7 nitrogen and oxygen atoms in total. The molecule has 0 amide bonds. The van der Waals surface area contributed by atoms with Crippen molar-refractivity contribution < 1.29 is 22.1 Å². The van der Waals surface area contributed by atoms with Gasteiger partial charge in [0, 0.05) is 21.5 Å². The number of fused-ring (bicyclic) bond motifs is 3. The molecule has 2 aromatic heterocycles. The Bertz CT molecular complexity index is 1330. The number of carbonyl (C=O) groups is 1. The minimum absolute atomic E-state index is 0.0326. The van der Waals surface area contributed by atoms with E-state index < -0.39 is 16.1 Å². The fourth-order valence-corrected chi connectivity index (χ4v) is 5.10. The van der Waals surface area contributed by atoms with Gasteiger partial charge in [0.1, 0.15) is 10.6 Å². The maximum atomic E-state index is 12.4. The summed E-state index contributed by atoms with van der Waals surface area (Å²) in [6.45, 7) is 0. The average molecular weight is 428 g/mol. The van der Waals surface area contributed by atoms with Crippen molar-refractivity contribution in [1.29, 1.82) is 0 Å². The van der Waals surface area contributed by atoms with Gasteiger partial charge in [-0.2, -0.15) is 8.42 Å². The molecule has 4 rings (SSSR count). The number of methoxy groups -OCH3 is 1. The lowest BCUT2D eigenvalue weighted by molar-refractivity contribution is 0.0607. The Morgan fingerprint density at radius 3 is 2.59 bits per heavy atom. The third kappa shape index (κ3) is 3.74. The first-order valence-corrected chi connectivity index (χ1v) is 10.9. The number of nitrogens with zero attached hydrogens (tertiary/aromatic N) is 1. The van der Waals surface area contributed by atoms with Crippen molar-refractivity contribution in [2.75, 3.05) is 12.8 Å². The van der Waals surface area contributed by atoms with Crippen LogP contribution in [0.3, 0.4) is 0 Å². The summed E-state index contributed by atoms with van der Waals surface area (Å²) in [5.41, 5.74) is 7.60. The van der Waals surface area contributed by atoms with E-state index in [-0.39, 0.29) is 11.6 Å². The van der Waals surface area contributed by atoms with Gasteiger partial charge in [0.05, 0.1) is 18.3 Å². The first-order chi connectivity index (χ1) is 13.9. The van der Waals surface area contributed by atoms with E-state index in [1.165, 1.54) is 24.5 Å². The molecule has 0 atom stereocenters. The van der Waals surface area contributed by atoms with Crippen molar-refractivity contribution in [3.63, 3.8) is 0 Å². The molecule has 0 aliphatic rings. The Kier molecular flexibility index (Phi) is 4.85. The van der Waals surface area contributed by atoms with Gasteiger partial charge in [-0.05, 0) is 23.8 Å². The maximum Gasteiger partial charge on any atom is 0.350 e. The van der Waals surface area contributed by atoms with E-state index in [1.54, 1.807) is 42.5 Å².